The second kappa shape index (κ2) is 4.63. The Bertz CT molecular complexity index is 684. The van der Waals surface area contributed by atoms with Crippen molar-refractivity contribution in [3.8, 4) is 11.9 Å². The van der Waals surface area contributed by atoms with E-state index in [1.165, 1.54) is 4.68 Å². The first-order valence-corrected chi connectivity index (χ1v) is 6.79. The number of nitriles is 1. The van der Waals surface area contributed by atoms with E-state index in [0.29, 0.717) is 16.1 Å². The molecule has 0 radical (unpaired) electrons. The monoisotopic (exact) mass is 318 g/mol. The number of halogens is 1. The normalized spacial score (nSPS) is 13.9. The van der Waals surface area contributed by atoms with Crippen LogP contribution in [0.15, 0.2) is 10.8 Å². The Labute approximate surface area is 118 Å². The number of rotatable bonds is 1. The molecule has 2 N–H and O–H groups in total. The summed E-state index contributed by atoms with van der Waals surface area (Å²) >= 11 is 3.27. The first-order valence-electron chi connectivity index (χ1n) is 6.00. The van der Waals surface area contributed by atoms with Gasteiger partial charge < -0.3 is 5.73 Å². The molecule has 7 heteroatoms. The van der Waals surface area contributed by atoms with Crippen LogP contribution in [-0.2, 0) is 12.8 Å². The van der Waals surface area contributed by atoms with Crippen LogP contribution in [0.2, 0.25) is 0 Å². The molecule has 3 rings (SSSR count). The topological polar surface area (TPSA) is 93.4 Å². The maximum Gasteiger partial charge on any atom is 0.240 e. The van der Waals surface area contributed by atoms with E-state index in [0.717, 1.165) is 36.9 Å². The summed E-state index contributed by atoms with van der Waals surface area (Å²) in [5.41, 5.74) is 8.26. The Balaban J connectivity index is 2.20. The fourth-order valence-corrected chi connectivity index (χ4v) is 2.74. The number of pyridine rings is 1. The Morgan fingerprint density at radius 3 is 2.79 bits per heavy atom. The van der Waals surface area contributed by atoms with Crippen LogP contribution in [0.3, 0.4) is 0 Å². The van der Waals surface area contributed by atoms with Crippen molar-refractivity contribution in [3.05, 3.63) is 27.6 Å². The third kappa shape index (κ3) is 2.08. The molecule has 0 unspecified atom stereocenters. The molecule has 2 heterocycles. The number of aromatic nitrogens is 4. The molecular formula is C12H11BrN6. The van der Waals surface area contributed by atoms with E-state index in [2.05, 4.69) is 37.1 Å². The molecule has 0 aromatic carbocycles. The smallest absolute Gasteiger partial charge is 0.240 e. The number of nitrogens with zero attached hydrogens (tertiary/aromatic N) is 5. The fourth-order valence-electron chi connectivity index (χ4n) is 2.31. The van der Waals surface area contributed by atoms with Crippen LogP contribution in [0.5, 0.6) is 0 Å². The largest absolute Gasteiger partial charge is 0.366 e. The molecule has 2 aromatic rings. The highest BCUT2D eigenvalue weighted by Crippen LogP contribution is 2.25. The highest BCUT2D eigenvalue weighted by Gasteiger charge is 2.18. The van der Waals surface area contributed by atoms with Crippen LogP contribution in [0, 0.1) is 11.3 Å². The predicted octanol–water partition coefficient (Wildman–Crippen LogP) is 1.76. The molecule has 1 aliphatic carbocycles. The van der Waals surface area contributed by atoms with Crippen LogP contribution < -0.4 is 5.73 Å². The van der Waals surface area contributed by atoms with Crippen molar-refractivity contribution in [2.24, 2.45) is 0 Å². The summed E-state index contributed by atoms with van der Waals surface area (Å²) in [6, 6.07) is 4.07. The SMILES string of the molecule is N#Cc1cc2c(nc1-n1nc(N)nc1Br)CCCC2. The van der Waals surface area contributed by atoms with E-state index in [9.17, 15) is 5.26 Å². The molecule has 96 valence electrons. The van der Waals surface area contributed by atoms with E-state index in [-0.39, 0.29) is 5.95 Å². The van der Waals surface area contributed by atoms with Gasteiger partial charge in [0.2, 0.25) is 10.7 Å². The van der Waals surface area contributed by atoms with Crippen molar-refractivity contribution < 1.29 is 0 Å². The Kier molecular flexibility index (Phi) is 2.95. The maximum absolute atomic E-state index is 9.28. The molecule has 0 amide bonds. The van der Waals surface area contributed by atoms with Crippen molar-refractivity contribution in [1.29, 1.82) is 5.26 Å². The minimum absolute atomic E-state index is 0.148. The lowest BCUT2D eigenvalue weighted by molar-refractivity contribution is 0.660. The van der Waals surface area contributed by atoms with Gasteiger partial charge in [-0.3, -0.25) is 0 Å². The van der Waals surface area contributed by atoms with Gasteiger partial charge >= 0.3 is 0 Å². The average Bonchev–Trinajstić information content (AvgIpc) is 2.76. The number of anilines is 1. The van der Waals surface area contributed by atoms with Crippen molar-refractivity contribution in [3.63, 3.8) is 0 Å². The van der Waals surface area contributed by atoms with Crippen molar-refractivity contribution in [1.82, 2.24) is 19.7 Å². The zero-order chi connectivity index (χ0) is 13.4. The molecule has 0 spiro atoms. The predicted molar refractivity (Wildman–Crippen MR) is 72.6 cm³/mol. The summed E-state index contributed by atoms with van der Waals surface area (Å²) in [7, 11) is 0. The molecule has 6 nitrogen and oxygen atoms in total. The maximum atomic E-state index is 9.28. The molecule has 0 saturated carbocycles. The molecule has 0 fully saturated rings. The van der Waals surface area contributed by atoms with E-state index < -0.39 is 0 Å². The number of aryl methyl sites for hydroxylation is 2. The summed E-state index contributed by atoms with van der Waals surface area (Å²) < 4.78 is 1.91. The van der Waals surface area contributed by atoms with Crippen LogP contribution >= 0.6 is 15.9 Å². The number of hydrogen-bond donors (Lipinski definition) is 1. The van der Waals surface area contributed by atoms with E-state index in [1.807, 2.05) is 6.07 Å². The first kappa shape index (κ1) is 12.1. The summed E-state index contributed by atoms with van der Waals surface area (Å²) in [6.45, 7) is 0. The van der Waals surface area contributed by atoms with Crippen LogP contribution in [-0.4, -0.2) is 19.7 Å². The third-order valence-corrected chi connectivity index (χ3v) is 3.70. The van der Waals surface area contributed by atoms with Gasteiger partial charge in [0.15, 0.2) is 5.82 Å². The minimum atomic E-state index is 0.148. The third-order valence-electron chi connectivity index (χ3n) is 3.19. The zero-order valence-corrected chi connectivity index (χ0v) is 11.7. The Morgan fingerprint density at radius 1 is 1.32 bits per heavy atom. The quantitative estimate of drug-likeness (QED) is 0.864. The van der Waals surface area contributed by atoms with Gasteiger partial charge in [-0.05, 0) is 53.2 Å². The minimum Gasteiger partial charge on any atom is -0.366 e. The molecule has 19 heavy (non-hydrogen) atoms. The van der Waals surface area contributed by atoms with Gasteiger partial charge in [0.05, 0.1) is 5.56 Å². The number of fused-ring (bicyclic) bond motifs is 1. The zero-order valence-electron chi connectivity index (χ0n) is 10.1. The molecule has 1 aliphatic rings. The second-order valence-corrected chi connectivity index (χ2v) is 5.14. The molecular weight excluding hydrogens is 308 g/mol. The lowest BCUT2D eigenvalue weighted by Crippen LogP contribution is -2.11. The highest BCUT2D eigenvalue weighted by molar-refractivity contribution is 9.10. The highest BCUT2D eigenvalue weighted by atomic mass is 79.9. The fraction of sp³-hybridized carbons (Fsp3) is 0.333. The summed E-state index contributed by atoms with van der Waals surface area (Å²) in [6.07, 6.45) is 4.21. The molecule has 0 bridgehead atoms. The molecule has 0 aliphatic heterocycles. The Morgan fingerprint density at radius 2 is 2.11 bits per heavy atom. The first-order chi connectivity index (χ1) is 9.19. The van der Waals surface area contributed by atoms with Crippen molar-refractivity contribution >= 4 is 21.9 Å². The van der Waals surface area contributed by atoms with Crippen molar-refractivity contribution in [2.45, 2.75) is 25.7 Å². The summed E-state index contributed by atoms with van der Waals surface area (Å²) in [5.74, 6) is 0.634. The van der Waals surface area contributed by atoms with Gasteiger partial charge in [-0.15, -0.1) is 5.10 Å². The van der Waals surface area contributed by atoms with E-state index in [4.69, 9.17) is 5.73 Å². The number of nitrogens with two attached hydrogens (primary N) is 1. The molecule has 0 saturated heterocycles. The Hall–Kier alpha value is -1.94. The van der Waals surface area contributed by atoms with Gasteiger partial charge in [0.25, 0.3) is 0 Å². The number of nitrogen functional groups attached to an aromatic ring is 1. The van der Waals surface area contributed by atoms with Crippen LogP contribution in [0.1, 0.15) is 29.7 Å². The standard InChI is InChI=1S/C12H11BrN6/c13-11-17-12(15)18-19(11)10-8(6-14)5-7-3-1-2-4-9(7)16-10/h5H,1-4H2,(H2,15,18). The second-order valence-electron chi connectivity index (χ2n) is 4.44. The van der Waals surface area contributed by atoms with Crippen LogP contribution in [0.25, 0.3) is 5.82 Å². The molecule has 2 aromatic heterocycles. The van der Waals surface area contributed by atoms with Gasteiger partial charge in [-0.1, -0.05) is 0 Å². The van der Waals surface area contributed by atoms with Gasteiger partial charge in [0, 0.05) is 5.69 Å². The van der Waals surface area contributed by atoms with Crippen molar-refractivity contribution in [2.75, 3.05) is 5.73 Å². The van der Waals surface area contributed by atoms with E-state index >= 15 is 0 Å². The van der Waals surface area contributed by atoms with Crippen LogP contribution in [0.4, 0.5) is 5.95 Å². The molecule has 0 atom stereocenters. The number of hydrogen-bond acceptors (Lipinski definition) is 5. The summed E-state index contributed by atoms with van der Waals surface area (Å²) in [5, 5.41) is 13.3. The lowest BCUT2D eigenvalue weighted by atomic mass is 9.95. The van der Waals surface area contributed by atoms with Gasteiger partial charge in [0.1, 0.15) is 6.07 Å². The lowest BCUT2D eigenvalue weighted by Gasteiger charge is -2.16. The summed E-state index contributed by atoms with van der Waals surface area (Å²) in [4.78, 5) is 8.55. The van der Waals surface area contributed by atoms with Gasteiger partial charge in [-0.25, -0.2) is 4.98 Å². The van der Waals surface area contributed by atoms with E-state index in [1.54, 1.807) is 0 Å². The van der Waals surface area contributed by atoms with Gasteiger partial charge in [-0.2, -0.15) is 14.9 Å². The average molecular weight is 319 g/mol.